The molecular weight excluding hydrogens is 242 g/mol. The fraction of sp³-hybridized carbons (Fsp3) is 0.733. The van der Waals surface area contributed by atoms with E-state index in [2.05, 4.69) is 5.32 Å². The third-order valence-electron chi connectivity index (χ3n) is 4.34. The molecule has 0 heterocycles. The zero-order valence-corrected chi connectivity index (χ0v) is 11.5. The number of rotatable bonds is 3. The molecule has 1 saturated carbocycles. The summed E-state index contributed by atoms with van der Waals surface area (Å²) in [6.45, 7) is 1.95. The molecule has 0 bridgehead atoms. The maximum atomic E-state index is 12.3. The molecule has 1 N–H and O–H groups in total. The van der Waals surface area contributed by atoms with Gasteiger partial charge in [0, 0.05) is 23.8 Å². The van der Waals surface area contributed by atoms with Gasteiger partial charge >= 0.3 is 0 Å². The summed E-state index contributed by atoms with van der Waals surface area (Å²) < 4.78 is 0. The molecule has 0 radical (unpaired) electrons. The van der Waals surface area contributed by atoms with Crippen molar-refractivity contribution in [2.75, 3.05) is 0 Å². The van der Waals surface area contributed by atoms with E-state index in [9.17, 15) is 14.7 Å². The molecule has 0 aromatic rings. The molecule has 0 aliphatic heterocycles. The van der Waals surface area contributed by atoms with Crippen LogP contribution in [0.5, 0.6) is 0 Å². The number of carboxylic acids is 1. The summed E-state index contributed by atoms with van der Waals surface area (Å²) in [5.41, 5.74) is 1.10. The van der Waals surface area contributed by atoms with Gasteiger partial charge in [-0.2, -0.15) is 0 Å². The molecule has 1 amide bonds. The lowest BCUT2D eigenvalue weighted by Gasteiger charge is -2.32. The van der Waals surface area contributed by atoms with Crippen LogP contribution in [0.2, 0.25) is 0 Å². The molecule has 106 valence electrons. The van der Waals surface area contributed by atoms with E-state index < -0.39 is 17.8 Å². The fourth-order valence-corrected chi connectivity index (χ4v) is 3.16. The molecule has 0 aromatic heterocycles. The number of hydrogen-bond donors (Lipinski definition) is 1. The average Bonchev–Trinajstić information content (AvgIpc) is 2.39. The molecule has 1 fully saturated rings. The van der Waals surface area contributed by atoms with Crippen molar-refractivity contribution in [2.24, 2.45) is 11.8 Å². The second-order valence-electron chi connectivity index (χ2n) is 5.87. The van der Waals surface area contributed by atoms with Crippen molar-refractivity contribution in [1.82, 2.24) is 5.32 Å². The van der Waals surface area contributed by atoms with Crippen molar-refractivity contribution in [1.29, 1.82) is 0 Å². The zero-order chi connectivity index (χ0) is 13.8. The van der Waals surface area contributed by atoms with E-state index in [0.29, 0.717) is 12.8 Å². The lowest BCUT2D eigenvalue weighted by atomic mass is 9.79. The van der Waals surface area contributed by atoms with E-state index >= 15 is 0 Å². The Morgan fingerprint density at radius 1 is 1.21 bits per heavy atom. The Bertz CT molecular complexity index is 383. The van der Waals surface area contributed by atoms with Crippen molar-refractivity contribution >= 4 is 11.9 Å². The van der Waals surface area contributed by atoms with Crippen LogP contribution in [0.1, 0.15) is 51.9 Å². The summed E-state index contributed by atoms with van der Waals surface area (Å²) in [5.74, 6) is -2.34. The zero-order valence-electron chi connectivity index (χ0n) is 11.5. The maximum Gasteiger partial charge on any atom is 0.224 e. The minimum atomic E-state index is -1.10. The molecule has 0 unspecified atom stereocenters. The van der Waals surface area contributed by atoms with Crippen LogP contribution in [-0.2, 0) is 9.59 Å². The normalized spacial score (nSPS) is 28.6. The van der Waals surface area contributed by atoms with Crippen molar-refractivity contribution < 1.29 is 14.7 Å². The Labute approximate surface area is 114 Å². The van der Waals surface area contributed by atoms with Gasteiger partial charge in [-0.05, 0) is 32.6 Å². The van der Waals surface area contributed by atoms with Crippen LogP contribution in [0.4, 0.5) is 0 Å². The number of carbonyl (C=O) groups is 2. The van der Waals surface area contributed by atoms with Gasteiger partial charge in [-0.15, -0.1) is 0 Å². The molecule has 2 aliphatic carbocycles. The van der Waals surface area contributed by atoms with Crippen molar-refractivity contribution in [3.05, 3.63) is 11.6 Å². The van der Waals surface area contributed by atoms with E-state index in [1.807, 2.05) is 13.0 Å². The van der Waals surface area contributed by atoms with E-state index in [-0.39, 0.29) is 11.9 Å². The molecule has 0 saturated heterocycles. The number of nitrogens with one attached hydrogen (secondary N) is 1. The number of carboxylic acid groups (broad SMARTS) is 1. The van der Waals surface area contributed by atoms with Gasteiger partial charge < -0.3 is 15.2 Å². The van der Waals surface area contributed by atoms with Gasteiger partial charge in [-0.25, -0.2) is 0 Å². The number of hydrogen-bond acceptors (Lipinski definition) is 3. The first-order valence-electron chi connectivity index (χ1n) is 7.25. The molecule has 19 heavy (non-hydrogen) atoms. The topological polar surface area (TPSA) is 69.2 Å². The number of aliphatic carboxylic acids is 1. The SMILES string of the molecule is CC1=CC[C@@H](C(=O)[O-])[C@@H](C(=O)NC2CCCCC2)C1. The second kappa shape index (κ2) is 6.22. The van der Waals surface area contributed by atoms with Gasteiger partial charge in [0.2, 0.25) is 5.91 Å². The monoisotopic (exact) mass is 264 g/mol. The van der Waals surface area contributed by atoms with Crippen LogP contribution in [0.25, 0.3) is 0 Å². The summed E-state index contributed by atoms with van der Waals surface area (Å²) in [7, 11) is 0. The van der Waals surface area contributed by atoms with E-state index in [0.717, 1.165) is 31.3 Å². The lowest BCUT2D eigenvalue weighted by Crippen LogP contribution is -2.47. The Hall–Kier alpha value is -1.32. The van der Waals surface area contributed by atoms with Gasteiger partial charge in [-0.1, -0.05) is 30.9 Å². The van der Waals surface area contributed by atoms with Gasteiger partial charge in [-0.3, -0.25) is 4.79 Å². The summed E-state index contributed by atoms with van der Waals surface area (Å²) in [4.78, 5) is 23.4. The summed E-state index contributed by atoms with van der Waals surface area (Å²) in [5, 5.41) is 14.2. The molecule has 2 aliphatic rings. The Kier molecular flexibility index (Phi) is 4.61. The first-order chi connectivity index (χ1) is 9.08. The maximum absolute atomic E-state index is 12.3. The smallest absolute Gasteiger partial charge is 0.224 e. The molecule has 4 heteroatoms. The largest absolute Gasteiger partial charge is 0.550 e. The van der Waals surface area contributed by atoms with Gasteiger partial charge in [0.25, 0.3) is 0 Å². The highest BCUT2D eigenvalue weighted by atomic mass is 16.4. The molecule has 0 spiro atoms. The Balaban J connectivity index is 1.98. The van der Waals surface area contributed by atoms with Gasteiger partial charge in [0.15, 0.2) is 0 Å². The molecular formula is C15H22NO3-. The fourth-order valence-electron chi connectivity index (χ4n) is 3.16. The van der Waals surface area contributed by atoms with Gasteiger partial charge in [0.05, 0.1) is 0 Å². The van der Waals surface area contributed by atoms with Crippen LogP contribution in [0.3, 0.4) is 0 Å². The number of carbonyl (C=O) groups excluding carboxylic acids is 2. The van der Waals surface area contributed by atoms with Crippen LogP contribution in [0, 0.1) is 11.8 Å². The van der Waals surface area contributed by atoms with Crippen molar-refractivity contribution in [2.45, 2.75) is 57.9 Å². The quantitative estimate of drug-likeness (QED) is 0.778. The van der Waals surface area contributed by atoms with Crippen LogP contribution < -0.4 is 10.4 Å². The highest BCUT2D eigenvalue weighted by molar-refractivity contribution is 5.85. The lowest BCUT2D eigenvalue weighted by molar-refractivity contribution is -0.313. The van der Waals surface area contributed by atoms with Gasteiger partial charge in [0.1, 0.15) is 0 Å². The van der Waals surface area contributed by atoms with E-state index in [4.69, 9.17) is 0 Å². The summed E-state index contributed by atoms with van der Waals surface area (Å²) in [6, 6.07) is 0.231. The third kappa shape index (κ3) is 3.58. The predicted octanol–water partition coefficient (Wildman–Crippen LogP) is 1.16. The molecule has 4 nitrogen and oxygen atoms in total. The predicted molar refractivity (Wildman–Crippen MR) is 70.0 cm³/mol. The van der Waals surface area contributed by atoms with Crippen LogP contribution in [-0.4, -0.2) is 17.9 Å². The Morgan fingerprint density at radius 3 is 2.53 bits per heavy atom. The van der Waals surface area contributed by atoms with E-state index in [1.54, 1.807) is 0 Å². The van der Waals surface area contributed by atoms with Crippen LogP contribution in [0.15, 0.2) is 11.6 Å². The standard InChI is InChI=1S/C15H23NO3/c1-10-7-8-12(15(18)19)13(9-10)14(17)16-11-5-3-2-4-6-11/h7,11-13H,2-6,8-9H2,1H3,(H,16,17)(H,18,19)/p-1/t12-,13+/m1/s1. The second-order valence-corrected chi connectivity index (χ2v) is 5.87. The first-order valence-corrected chi connectivity index (χ1v) is 7.25. The molecule has 0 aromatic carbocycles. The summed E-state index contributed by atoms with van der Waals surface area (Å²) in [6.07, 6.45) is 8.43. The number of allylic oxidation sites excluding steroid dienone is 2. The third-order valence-corrected chi connectivity index (χ3v) is 4.34. The van der Waals surface area contributed by atoms with E-state index in [1.165, 1.54) is 6.42 Å². The van der Waals surface area contributed by atoms with Crippen molar-refractivity contribution in [3.8, 4) is 0 Å². The highest BCUT2D eigenvalue weighted by Gasteiger charge is 2.32. The van der Waals surface area contributed by atoms with Crippen molar-refractivity contribution in [3.63, 3.8) is 0 Å². The van der Waals surface area contributed by atoms with Crippen LogP contribution >= 0.6 is 0 Å². The highest BCUT2D eigenvalue weighted by Crippen LogP contribution is 2.30. The Morgan fingerprint density at radius 2 is 1.89 bits per heavy atom. The first kappa shape index (κ1) is 14.1. The summed E-state index contributed by atoms with van der Waals surface area (Å²) >= 11 is 0. The minimum Gasteiger partial charge on any atom is -0.550 e. The molecule has 2 atom stereocenters. The minimum absolute atomic E-state index is 0.103. The molecule has 2 rings (SSSR count). The average molecular weight is 264 g/mol. The number of amides is 1.